The molecular weight excluding hydrogens is 433 g/mol. The van der Waals surface area contributed by atoms with Crippen molar-refractivity contribution in [1.29, 1.82) is 0 Å². The molecule has 0 saturated heterocycles. The van der Waals surface area contributed by atoms with Crippen LogP contribution >= 0.6 is 0 Å². The summed E-state index contributed by atoms with van der Waals surface area (Å²) in [6.45, 7) is 0. The molecule has 0 bridgehead atoms. The van der Waals surface area contributed by atoms with Gasteiger partial charge in [-0.3, -0.25) is 14.4 Å². The summed E-state index contributed by atoms with van der Waals surface area (Å²) < 4.78 is 14.5. The Morgan fingerprint density at radius 2 is 1.59 bits per heavy atom. The van der Waals surface area contributed by atoms with Gasteiger partial charge < -0.3 is 16.0 Å². The third-order valence-electron chi connectivity index (χ3n) is 6.28. The molecular formula is C27H24FN3O3. The van der Waals surface area contributed by atoms with Gasteiger partial charge in [-0.1, -0.05) is 6.07 Å². The van der Waals surface area contributed by atoms with E-state index in [0.29, 0.717) is 40.8 Å². The number of hydrogen-bond acceptors (Lipinski definition) is 4. The van der Waals surface area contributed by atoms with Crippen LogP contribution in [-0.2, 0) is 12.8 Å². The first-order valence-corrected chi connectivity index (χ1v) is 11.3. The second-order valence-electron chi connectivity index (χ2n) is 8.72. The highest BCUT2D eigenvalue weighted by molar-refractivity contribution is 6.12. The van der Waals surface area contributed by atoms with Gasteiger partial charge in [0.25, 0.3) is 11.8 Å². The highest BCUT2D eigenvalue weighted by Crippen LogP contribution is 2.29. The summed E-state index contributed by atoms with van der Waals surface area (Å²) in [5.74, 6) is -1.06. The third-order valence-corrected chi connectivity index (χ3v) is 6.28. The summed E-state index contributed by atoms with van der Waals surface area (Å²) in [6, 6.07) is 15.0. The first-order chi connectivity index (χ1) is 16.4. The second kappa shape index (κ2) is 8.74. The van der Waals surface area contributed by atoms with Crippen LogP contribution in [0.25, 0.3) is 0 Å². The molecule has 2 aliphatic rings. The van der Waals surface area contributed by atoms with Crippen LogP contribution in [0.4, 0.5) is 15.8 Å². The normalized spacial score (nSPS) is 14.5. The zero-order valence-corrected chi connectivity index (χ0v) is 18.7. The third kappa shape index (κ3) is 4.29. The summed E-state index contributed by atoms with van der Waals surface area (Å²) in [5.41, 5.74) is 4.49. The molecule has 0 aliphatic heterocycles. The van der Waals surface area contributed by atoms with Crippen LogP contribution in [0.3, 0.4) is 0 Å². The van der Waals surface area contributed by atoms with Gasteiger partial charge >= 0.3 is 0 Å². The van der Waals surface area contributed by atoms with E-state index in [1.54, 1.807) is 31.3 Å². The fourth-order valence-corrected chi connectivity index (χ4v) is 4.22. The zero-order valence-electron chi connectivity index (χ0n) is 18.7. The van der Waals surface area contributed by atoms with Crippen LogP contribution in [-0.4, -0.2) is 30.7 Å². The lowest BCUT2D eigenvalue weighted by Gasteiger charge is -2.13. The summed E-state index contributed by atoms with van der Waals surface area (Å²) in [6.07, 6.45) is 3.23. The number of halogens is 1. The van der Waals surface area contributed by atoms with Gasteiger partial charge in [0.05, 0.1) is 5.69 Å². The lowest BCUT2D eigenvalue weighted by molar-refractivity contribution is 0.0946. The van der Waals surface area contributed by atoms with Crippen molar-refractivity contribution in [2.75, 3.05) is 12.4 Å². The summed E-state index contributed by atoms with van der Waals surface area (Å²) in [4.78, 5) is 37.6. The van der Waals surface area contributed by atoms with Crippen molar-refractivity contribution in [2.24, 2.45) is 0 Å². The summed E-state index contributed by atoms with van der Waals surface area (Å²) >= 11 is 0. The van der Waals surface area contributed by atoms with Crippen molar-refractivity contribution in [3.8, 4) is 0 Å². The molecule has 0 unspecified atom stereocenters. The summed E-state index contributed by atoms with van der Waals surface area (Å²) in [5, 5.41) is 8.54. The van der Waals surface area contributed by atoms with Gasteiger partial charge in [0, 0.05) is 41.0 Å². The lowest BCUT2D eigenvalue weighted by Crippen LogP contribution is -2.25. The van der Waals surface area contributed by atoms with Crippen molar-refractivity contribution < 1.29 is 18.8 Å². The van der Waals surface area contributed by atoms with Crippen molar-refractivity contribution in [2.45, 2.75) is 31.7 Å². The van der Waals surface area contributed by atoms with E-state index < -0.39 is 5.82 Å². The van der Waals surface area contributed by atoms with Gasteiger partial charge in [-0.2, -0.15) is 0 Å². The fraction of sp³-hybridized carbons (Fsp3) is 0.222. The van der Waals surface area contributed by atoms with Crippen molar-refractivity contribution in [3.05, 3.63) is 93.8 Å². The molecule has 6 nitrogen and oxygen atoms in total. The Morgan fingerprint density at radius 3 is 2.35 bits per heavy atom. The van der Waals surface area contributed by atoms with Crippen LogP contribution in [0.5, 0.6) is 0 Å². The number of aryl methyl sites for hydroxylation is 2. The Kier molecular flexibility index (Phi) is 5.61. The number of ketones is 1. The maximum absolute atomic E-state index is 14.5. The SMILES string of the molecule is CNC(=O)c1ccc2c(c1)C(=O)c1ccc(Nc3cc(C(=O)NC4CC4)ccc3F)cc1CC2. The molecule has 172 valence electrons. The smallest absolute Gasteiger partial charge is 0.251 e. The Bertz CT molecular complexity index is 1330. The fourth-order valence-electron chi connectivity index (χ4n) is 4.22. The highest BCUT2D eigenvalue weighted by atomic mass is 19.1. The average molecular weight is 458 g/mol. The molecule has 2 amide bonds. The zero-order chi connectivity index (χ0) is 23.8. The molecule has 3 N–H and O–H groups in total. The van der Waals surface area contributed by atoms with E-state index >= 15 is 0 Å². The van der Waals surface area contributed by atoms with Gasteiger partial charge in [-0.15, -0.1) is 0 Å². The molecule has 0 radical (unpaired) electrons. The molecule has 3 aromatic carbocycles. The molecule has 0 spiro atoms. The predicted octanol–water partition coefficient (Wildman–Crippen LogP) is 4.15. The minimum absolute atomic E-state index is 0.135. The van der Waals surface area contributed by atoms with Crippen molar-refractivity contribution in [3.63, 3.8) is 0 Å². The van der Waals surface area contributed by atoms with Crippen LogP contribution in [0.2, 0.25) is 0 Å². The number of benzene rings is 3. The molecule has 1 fully saturated rings. The molecule has 0 heterocycles. The monoisotopic (exact) mass is 457 g/mol. The summed E-state index contributed by atoms with van der Waals surface area (Å²) in [7, 11) is 1.55. The molecule has 1 saturated carbocycles. The molecule has 7 heteroatoms. The lowest BCUT2D eigenvalue weighted by atomic mass is 9.96. The maximum atomic E-state index is 14.5. The van der Waals surface area contributed by atoms with Crippen LogP contribution < -0.4 is 16.0 Å². The Labute approximate surface area is 196 Å². The van der Waals surface area contributed by atoms with Gasteiger partial charge in [-0.25, -0.2) is 4.39 Å². The van der Waals surface area contributed by atoms with Crippen LogP contribution in [0.1, 0.15) is 60.6 Å². The van der Waals surface area contributed by atoms with E-state index in [4.69, 9.17) is 0 Å². The molecule has 34 heavy (non-hydrogen) atoms. The van der Waals surface area contributed by atoms with Crippen LogP contribution in [0.15, 0.2) is 54.6 Å². The number of amides is 2. The minimum Gasteiger partial charge on any atom is -0.355 e. The van der Waals surface area contributed by atoms with Gasteiger partial charge in [0.15, 0.2) is 5.78 Å². The number of carbonyl (C=O) groups is 3. The van der Waals surface area contributed by atoms with E-state index in [2.05, 4.69) is 16.0 Å². The average Bonchev–Trinajstić information content (AvgIpc) is 3.68. The van der Waals surface area contributed by atoms with Crippen LogP contribution in [0, 0.1) is 5.82 Å². The molecule has 0 atom stereocenters. The van der Waals surface area contributed by atoms with Gasteiger partial charge in [0.1, 0.15) is 5.82 Å². The number of nitrogens with one attached hydrogen (secondary N) is 3. The van der Waals surface area contributed by atoms with E-state index in [9.17, 15) is 18.8 Å². The number of rotatable bonds is 5. The standard InChI is InChI=1S/C27H24FN3O3/c1-29-26(33)17-5-3-15-2-4-16-12-20(9-10-21(16)25(32)22(15)13-17)30-24-14-18(6-11-23(24)28)27(34)31-19-7-8-19/h3,5-6,9-14,19,30H,2,4,7-8H2,1H3,(H,29,33)(H,31,34). The molecule has 3 aromatic rings. The van der Waals surface area contributed by atoms with Gasteiger partial charge in [-0.05, 0) is 85.3 Å². The quantitative estimate of drug-likeness (QED) is 0.537. The number of fused-ring (bicyclic) bond motifs is 2. The number of hydrogen-bond donors (Lipinski definition) is 3. The molecule has 5 rings (SSSR count). The second-order valence-corrected chi connectivity index (χ2v) is 8.72. The largest absolute Gasteiger partial charge is 0.355 e. The Morgan fingerprint density at radius 1 is 0.853 bits per heavy atom. The number of anilines is 2. The predicted molar refractivity (Wildman–Crippen MR) is 127 cm³/mol. The van der Waals surface area contributed by atoms with Crippen molar-refractivity contribution >= 4 is 29.0 Å². The number of carbonyl (C=O) groups excluding carboxylic acids is 3. The minimum atomic E-state index is -0.469. The maximum Gasteiger partial charge on any atom is 0.251 e. The topological polar surface area (TPSA) is 87.3 Å². The van der Waals surface area contributed by atoms with E-state index in [1.165, 1.54) is 18.2 Å². The van der Waals surface area contributed by atoms with E-state index in [0.717, 1.165) is 24.0 Å². The van der Waals surface area contributed by atoms with Crippen molar-refractivity contribution in [1.82, 2.24) is 10.6 Å². The van der Waals surface area contributed by atoms with E-state index in [1.807, 2.05) is 12.1 Å². The first-order valence-electron chi connectivity index (χ1n) is 11.3. The highest BCUT2D eigenvalue weighted by Gasteiger charge is 2.25. The van der Waals surface area contributed by atoms with E-state index in [-0.39, 0.29) is 29.3 Å². The molecule has 0 aromatic heterocycles. The molecule has 2 aliphatic carbocycles. The Hall–Kier alpha value is -4.00. The van der Waals surface area contributed by atoms with Gasteiger partial charge in [0.2, 0.25) is 0 Å². The Balaban J connectivity index is 1.41. The first kappa shape index (κ1) is 21.8.